The predicted molar refractivity (Wildman–Crippen MR) is 184 cm³/mol. The Morgan fingerprint density at radius 2 is 1.81 bits per heavy atom. The molecule has 8 nitrogen and oxygen atoms in total. The van der Waals surface area contributed by atoms with Crippen LogP contribution in [0.1, 0.15) is 86.5 Å². The molecule has 11 unspecified atom stereocenters. The number of rotatable bonds is 8. The molecule has 1 aliphatic heterocycles. The smallest absolute Gasteiger partial charge is 0.333 e. The van der Waals surface area contributed by atoms with Crippen LogP contribution in [0.2, 0.25) is 0 Å². The fraction of sp³-hybridized carbons (Fsp3) is 0.692. The molecule has 6 rings (SSSR count). The summed E-state index contributed by atoms with van der Waals surface area (Å²) in [7, 11) is 1.63. The first-order valence-corrected chi connectivity index (χ1v) is 18.7. The van der Waals surface area contributed by atoms with Gasteiger partial charge >= 0.3 is 5.97 Å². The van der Waals surface area contributed by atoms with E-state index in [9.17, 15) is 19.8 Å². The van der Waals surface area contributed by atoms with Gasteiger partial charge in [0.25, 0.3) is 0 Å². The fourth-order valence-electron chi connectivity index (χ4n) is 10.2. The Morgan fingerprint density at radius 3 is 2.48 bits per heavy atom. The molecule has 1 aromatic carbocycles. The van der Waals surface area contributed by atoms with Crippen LogP contribution in [-0.4, -0.2) is 76.7 Å². The van der Waals surface area contributed by atoms with Gasteiger partial charge in [0.05, 0.1) is 23.1 Å². The number of thioether (sulfide) groups is 1. The zero-order valence-corrected chi connectivity index (χ0v) is 30.3. The van der Waals surface area contributed by atoms with Crippen molar-refractivity contribution in [3.8, 4) is 0 Å². The molecule has 13 atom stereocenters. The van der Waals surface area contributed by atoms with E-state index >= 15 is 0 Å². The maximum absolute atomic E-state index is 13.2. The summed E-state index contributed by atoms with van der Waals surface area (Å²) in [6, 6.07) is 10.1. The van der Waals surface area contributed by atoms with E-state index < -0.39 is 41.7 Å². The highest BCUT2D eigenvalue weighted by atomic mass is 32.2. The van der Waals surface area contributed by atoms with Crippen molar-refractivity contribution >= 4 is 23.5 Å². The molecule has 0 radical (unpaired) electrons. The monoisotopic (exact) mass is 682 g/mol. The molecule has 4 fully saturated rings. The lowest BCUT2D eigenvalue weighted by atomic mass is 9.45. The molecule has 3 saturated carbocycles. The molecular formula is C39H54O8S. The lowest BCUT2D eigenvalue weighted by Gasteiger charge is -2.63. The molecule has 5 aliphatic rings. The number of ketones is 1. The highest BCUT2D eigenvalue weighted by Gasteiger charge is 2.71. The number of hydrogen-bond acceptors (Lipinski definition) is 9. The summed E-state index contributed by atoms with van der Waals surface area (Å²) >= 11 is 1.61. The van der Waals surface area contributed by atoms with E-state index in [4.69, 9.17) is 18.9 Å². The average Bonchev–Trinajstić information content (AvgIpc) is 3.36. The van der Waals surface area contributed by atoms with Crippen molar-refractivity contribution in [1.29, 1.82) is 0 Å². The summed E-state index contributed by atoms with van der Waals surface area (Å²) in [6.07, 6.45) is 6.05. The van der Waals surface area contributed by atoms with Crippen molar-refractivity contribution in [3.05, 3.63) is 53.6 Å². The van der Waals surface area contributed by atoms with Crippen LogP contribution >= 0.6 is 11.8 Å². The molecule has 0 amide bonds. The first kappa shape index (κ1) is 35.8. The van der Waals surface area contributed by atoms with Gasteiger partial charge < -0.3 is 29.2 Å². The van der Waals surface area contributed by atoms with Crippen LogP contribution in [0.15, 0.2) is 58.5 Å². The first-order valence-electron chi connectivity index (χ1n) is 17.8. The summed E-state index contributed by atoms with van der Waals surface area (Å²) in [5, 5.41) is 23.4. The largest absolute Gasteiger partial charge is 0.458 e. The van der Waals surface area contributed by atoms with E-state index in [0.717, 1.165) is 30.6 Å². The Bertz CT molecular complexity index is 1430. The number of aliphatic hydroxyl groups is 2. The Morgan fingerprint density at radius 1 is 1.08 bits per heavy atom. The third kappa shape index (κ3) is 5.84. The molecule has 1 heterocycles. The number of esters is 1. The number of ether oxygens (including phenoxy) is 4. The molecule has 48 heavy (non-hydrogen) atoms. The number of Topliss-reactive ketones (excluding diaryl/α,β-unsaturated/α-hetero) is 1. The van der Waals surface area contributed by atoms with E-state index in [1.165, 1.54) is 5.57 Å². The van der Waals surface area contributed by atoms with Gasteiger partial charge in [0, 0.05) is 28.9 Å². The third-order valence-corrected chi connectivity index (χ3v) is 14.5. The van der Waals surface area contributed by atoms with Crippen LogP contribution in [0, 0.1) is 28.6 Å². The number of fused-ring (bicyclic) bond motifs is 5. The highest BCUT2D eigenvalue weighted by molar-refractivity contribution is 8.00. The third-order valence-electron chi connectivity index (χ3n) is 13.2. The van der Waals surface area contributed by atoms with Crippen LogP contribution in [0.5, 0.6) is 0 Å². The van der Waals surface area contributed by atoms with Crippen molar-refractivity contribution in [2.24, 2.45) is 28.6 Å². The van der Waals surface area contributed by atoms with Crippen LogP contribution in [-0.2, 0) is 28.5 Å². The maximum Gasteiger partial charge on any atom is 0.333 e. The van der Waals surface area contributed by atoms with Crippen LogP contribution in [0.25, 0.3) is 0 Å². The Balaban J connectivity index is 1.26. The minimum absolute atomic E-state index is 0.0334. The van der Waals surface area contributed by atoms with Crippen molar-refractivity contribution in [1.82, 2.24) is 0 Å². The summed E-state index contributed by atoms with van der Waals surface area (Å²) in [4.78, 5) is 27.3. The molecule has 9 heteroatoms. The van der Waals surface area contributed by atoms with Crippen LogP contribution < -0.4 is 0 Å². The first-order chi connectivity index (χ1) is 22.8. The predicted octanol–water partition coefficient (Wildman–Crippen LogP) is 6.42. The van der Waals surface area contributed by atoms with Crippen molar-refractivity contribution in [2.45, 2.75) is 139 Å². The number of carbonyl (C=O) groups is 2. The maximum atomic E-state index is 13.2. The second-order valence-corrected chi connectivity index (χ2v) is 16.7. The van der Waals surface area contributed by atoms with E-state index in [0.29, 0.717) is 24.8 Å². The highest BCUT2D eigenvalue weighted by Crippen LogP contribution is 2.68. The zero-order chi connectivity index (χ0) is 34.6. The number of methoxy groups -OCH3 is 1. The summed E-state index contributed by atoms with van der Waals surface area (Å²) in [5.41, 5.74) is -0.334. The summed E-state index contributed by atoms with van der Waals surface area (Å²) in [6.45, 7) is 11.4. The second-order valence-electron chi connectivity index (χ2n) is 15.4. The molecule has 0 bridgehead atoms. The van der Waals surface area contributed by atoms with Crippen molar-refractivity contribution in [2.75, 3.05) is 7.11 Å². The molecule has 264 valence electrons. The lowest BCUT2D eigenvalue weighted by molar-refractivity contribution is -0.262. The van der Waals surface area contributed by atoms with Gasteiger partial charge in [0.2, 0.25) is 0 Å². The number of carbonyl (C=O) groups excluding carboxylic acids is 2. The van der Waals surface area contributed by atoms with E-state index in [2.05, 4.69) is 13.0 Å². The van der Waals surface area contributed by atoms with Gasteiger partial charge in [-0.2, -0.15) is 0 Å². The van der Waals surface area contributed by atoms with Gasteiger partial charge in [-0.3, -0.25) is 4.79 Å². The van der Waals surface area contributed by atoms with Gasteiger partial charge in [-0.05, 0) is 102 Å². The minimum Gasteiger partial charge on any atom is -0.458 e. The van der Waals surface area contributed by atoms with E-state index in [1.54, 1.807) is 38.8 Å². The number of hydrogen-bond donors (Lipinski definition) is 2. The molecule has 1 saturated heterocycles. The normalized spacial score (nSPS) is 44.2. The molecule has 0 aromatic heterocycles. The standard InChI is InChI=1S/C39H54O8S/c1-8-22(2)35(42)47-31-21-30-29(39(43)19-17-28(23(3)40)38(31,39)6)15-14-25-20-26(16-18-37(25,30)5)46-36-34(48-27-12-10-9-11-13-27)33(44-7)32(41)24(4)45-36/h8-14,24,26,28-34,36,41,43H,15-21H2,1-7H3/t24?,26?,28?,29?,30?,31?,32?,33?,34?,36?,37-,38-,39?/m0/s1. The van der Waals surface area contributed by atoms with Crippen molar-refractivity contribution in [3.63, 3.8) is 0 Å². The average molecular weight is 683 g/mol. The van der Waals surface area contributed by atoms with Gasteiger partial charge in [0.1, 0.15) is 24.1 Å². The lowest BCUT2D eigenvalue weighted by Crippen LogP contribution is -2.66. The molecular weight excluding hydrogens is 628 g/mol. The second kappa shape index (κ2) is 13.6. The number of allylic oxidation sites excluding steroid dienone is 2. The van der Waals surface area contributed by atoms with Gasteiger partial charge in [0.15, 0.2) is 6.29 Å². The van der Waals surface area contributed by atoms with Crippen LogP contribution in [0.4, 0.5) is 0 Å². The van der Waals surface area contributed by atoms with E-state index in [1.807, 2.05) is 51.1 Å². The van der Waals surface area contributed by atoms with Gasteiger partial charge in [-0.15, -0.1) is 11.8 Å². The summed E-state index contributed by atoms with van der Waals surface area (Å²) in [5.74, 6) is -0.627. The number of benzene rings is 1. The van der Waals surface area contributed by atoms with Crippen LogP contribution in [0.3, 0.4) is 0 Å². The quantitative estimate of drug-likeness (QED) is 0.182. The number of aliphatic hydroxyl groups excluding tert-OH is 1. The van der Waals surface area contributed by atoms with Gasteiger partial charge in [-0.1, -0.05) is 49.8 Å². The zero-order valence-electron chi connectivity index (χ0n) is 29.5. The Hall–Kier alpha value is -2.01. The fourth-order valence-corrected chi connectivity index (χ4v) is 11.4. The SMILES string of the molecule is CC=C(C)C(=O)OC1CC2C(CC=C3CC(OC4OC(C)C(O)C(OC)C4Sc4ccccc4)CC[C@@]32C)C2(O)CCC(C(C)=O)[C@@]12C. The Labute approximate surface area is 290 Å². The molecule has 4 aliphatic carbocycles. The minimum atomic E-state index is -1.12. The topological polar surface area (TPSA) is 112 Å². The molecule has 0 spiro atoms. The van der Waals surface area contributed by atoms with E-state index in [-0.39, 0.29) is 46.3 Å². The molecule has 1 aromatic rings. The molecule has 2 N–H and O–H groups in total. The summed E-state index contributed by atoms with van der Waals surface area (Å²) < 4.78 is 25.3. The van der Waals surface area contributed by atoms with Gasteiger partial charge in [-0.25, -0.2) is 4.79 Å². The van der Waals surface area contributed by atoms with Crippen molar-refractivity contribution < 1.29 is 38.7 Å². The Kier molecular flexibility index (Phi) is 10.1.